The van der Waals surface area contributed by atoms with Crippen LogP contribution in [-0.2, 0) is 6.54 Å². The SMILES string of the molecule is Cc1cccc(CNC(=O)c2cncc(C(=O)Nc3ccc(Cl)cc3)c2)c1. The number of hydrogen-bond donors (Lipinski definition) is 2. The number of hydrogen-bond acceptors (Lipinski definition) is 3. The molecule has 1 aromatic heterocycles. The Bertz CT molecular complexity index is 971. The molecule has 0 bridgehead atoms. The minimum atomic E-state index is -0.349. The number of aromatic nitrogens is 1. The van der Waals surface area contributed by atoms with Crippen molar-refractivity contribution in [2.75, 3.05) is 5.32 Å². The summed E-state index contributed by atoms with van der Waals surface area (Å²) >= 11 is 5.84. The molecular formula is C21H18ClN3O2. The molecule has 0 spiro atoms. The second-order valence-electron chi connectivity index (χ2n) is 6.10. The molecule has 3 aromatic rings. The first kappa shape index (κ1) is 18.6. The monoisotopic (exact) mass is 379 g/mol. The summed E-state index contributed by atoms with van der Waals surface area (Å²) in [6, 6.07) is 16.2. The second kappa shape index (κ2) is 8.47. The van der Waals surface area contributed by atoms with Crippen molar-refractivity contribution >= 4 is 29.1 Å². The summed E-state index contributed by atoms with van der Waals surface area (Å²) in [6.07, 6.45) is 2.85. The predicted molar refractivity (Wildman–Crippen MR) is 106 cm³/mol. The molecule has 136 valence electrons. The highest BCUT2D eigenvalue weighted by Crippen LogP contribution is 2.15. The average Bonchev–Trinajstić information content (AvgIpc) is 2.68. The smallest absolute Gasteiger partial charge is 0.257 e. The number of benzene rings is 2. The minimum absolute atomic E-state index is 0.287. The molecule has 27 heavy (non-hydrogen) atoms. The van der Waals surface area contributed by atoms with Gasteiger partial charge in [-0.25, -0.2) is 0 Å². The lowest BCUT2D eigenvalue weighted by atomic mass is 10.1. The van der Waals surface area contributed by atoms with E-state index in [1.807, 2.05) is 31.2 Å². The molecule has 3 rings (SSSR count). The van der Waals surface area contributed by atoms with E-state index in [0.717, 1.165) is 11.1 Å². The molecular weight excluding hydrogens is 362 g/mol. The Morgan fingerprint density at radius 2 is 1.67 bits per heavy atom. The van der Waals surface area contributed by atoms with Gasteiger partial charge in [0.25, 0.3) is 11.8 Å². The first-order valence-electron chi connectivity index (χ1n) is 8.37. The summed E-state index contributed by atoms with van der Waals surface area (Å²) in [7, 11) is 0. The van der Waals surface area contributed by atoms with Crippen LogP contribution in [-0.4, -0.2) is 16.8 Å². The summed E-state index contributed by atoms with van der Waals surface area (Å²) in [5.74, 6) is -0.636. The number of amides is 2. The predicted octanol–water partition coefficient (Wildman–Crippen LogP) is 4.23. The van der Waals surface area contributed by atoms with Crippen LogP contribution in [0.5, 0.6) is 0 Å². The number of nitrogens with zero attached hydrogens (tertiary/aromatic N) is 1. The van der Waals surface area contributed by atoms with Gasteiger partial charge < -0.3 is 10.6 Å². The molecule has 0 radical (unpaired) electrons. The Morgan fingerprint density at radius 1 is 0.963 bits per heavy atom. The van der Waals surface area contributed by atoms with Gasteiger partial charge in [0.1, 0.15) is 0 Å². The van der Waals surface area contributed by atoms with E-state index in [1.165, 1.54) is 18.5 Å². The van der Waals surface area contributed by atoms with Crippen LogP contribution in [0, 0.1) is 6.92 Å². The van der Waals surface area contributed by atoms with Gasteiger partial charge in [-0.05, 0) is 42.8 Å². The van der Waals surface area contributed by atoms with Crippen molar-refractivity contribution in [2.24, 2.45) is 0 Å². The van der Waals surface area contributed by atoms with Gasteiger partial charge in [0, 0.05) is 29.6 Å². The summed E-state index contributed by atoms with van der Waals surface area (Å²) in [5, 5.41) is 6.17. The van der Waals surface area contributed by atoms with Gasteiger partial charge in [-0.1, -0.05) is 41.4 Å². The normalized spacial score (nSPS) is 10.3. The van der Waals surface area contributed by atoms with Crippen LogP contribution < -0.4 is 10.6 Å². The topological polar surface area (TPSA) is 71.1 Å². The van der Waals surface area contributed by atoms with Crippen molar-refractivity contribution in [2.45, 2.75) is 13.5 Å². The molecule has 1 heterocycles. The Morgan fingerprint density at radius 3 is 2.37 bits per heavy atom. The number of carbonyl (C=O) groups is 2. The molecule has 0 aliphatic rings. The Kier molecular flexibility index (Phi) is 5.84. The highest BCUT2D eigenvalue weighted by atomic mass is 35.5. The number of halogens is 1. The lowest BCUT2D eigenvalue weighted by molar-refractivity contribution is 0.0950. The maximum Gasteiger partial charge on any atom is 0.257 e. The van der Waals surface area contributed by atoms with Crippen molar-refractivity contribution in [1.82, 2.24) is 10.3 Å². The first-order valence-corrected chi connectivity index (χ1v) is 8.75. The Hall–Kier alpha value is -3.18. The third-order valence-electron chi connectivity index (χ3n) is 3.90. The summed E-state index contributed by atoms with van der Waals surface area (Å²) in [6.45, 7) is 2.40. The minimum Gasteiger partial charge on any atom is -0.348 e. The standard InChI is InChI=1S/C21H18ClN3O2/c1-14-3-2-4-15(9-14)11-24-20(26)16-10-17(13-23-12-16)21(27)25-19-7-5-18(22)6-8-19/h2-10,12-13H,11H2,1H3,(H,24,26)(H,25,27). The zero-order valence-corrected chi connectivity index (χ0v) is 15.5. The highest BCUT2D eigenvalue weighted by molar-refractivity contribution is 6.30. The summed E-state index contributed by atoms with van der Waals surface area (Å²) < 4.78 is 0. The van der Waals surface area contributed by atoms with E-state index in [1.54, 1.807) is 24.3 Å². The van der Waals surface area contributed by atoms with Crippen LogP contribution in [0.15, 0.2) is 67.0 Å². The van der Waals surface area contributed by atoms with Crippen molar-refractivity contribution < 1.29 is 9.59 Å². The van der Waals surface area contributed by atoms with Crippen molar-refractivity contribution in [1.29, 1.82) is 0 Å². The maximum absolute atomic E-state index is 12.4. The lowest BCUT2D eigenvalue weighted by Crippen LogP contribution is -2.23. The molecule has 2 N–H and O–H groups in total. The van der Waals surface area contributed by atoms with Gasteiger partial charge in [0.15, 0.2) is 0 Å². The van der Waals surface area contributed by atoms with Gasteiger partial charge >= 0.3 is 0 Å². The maximum atomic E-state index is 12.4. The molecule has 2 amide bonds. The van der Waals surface area contributed by atoms with E-state index in [0.29, 0.717) is 28.4 Å². The fraction of sp³-hybridized carbons (Fsp3) is 0.0952. The molecule has 0 unspecified atom stereocenters. The molecule has 6 heteroatoms. The van der Waals surface area contributed by atoms with E-state index in [9.17, 15) is 9.59 Å². The average molecular weight is 380 g/mol. The van der Waals surface area contributed by atoms with Crippen LogP contribution in [0.2, 0.25) is 5.02 Å². The van der Waals surface area contributed by atoms with Gasteiger partial charge in [-0.2, -0.15) is 0 Å². The molecule has 2 aromatic carbocycles. The third-order valence-corrected chi connectivity index (χ3v) is 4.15. The summed E-state index contributed by atoms with van der Waals surface area (Å²) in [4.78, 5) is 28.8. The molecule has 5 nitrogen and oxygen atoms in total. The fourth-order valence-electron chi connectivity index (χ4n) is 2.53. The van der Waals surface area contributed by atoms with Crippen LogP contribution in [0.1, 0.15) is 31.8 Å². The fourth-order valence-corrected chi connectivity index (χ4v) is 2.66. The summed E-state index contributed by atoms with van der Waals surface area (Å²) in [5.41, 5.74) is 3.37. The second-order valence-corrected chi connectivity index (χ2v) is 6.53. The van der Waals surface area contributed by atoms with Crippen molar-refractivity contribution in [3.8, 4) is 0 Å². The zero-order chi connectivity index (χ0) is 19.2. The van der Waals surface area contributed by atoms with Crippen LogP contribution in [0.3, 0.4) is 0 Å². The van der Waals surface area contributed by atoms with E-state index in [2.05, 4.69) is 15.6 Å². The molecule has 0 atom stereocenters. The number of aryl methyl sites for hydroxylation is 1. The molecule has 0 saturated heterocycles. The van der Waals surface area contributed by atoms with Gasteiger partial charge in [0.05, 0.1) is 11.1 Å². The Balaban J connectivity index is 1.66. The number of rotatable bonds is 5. The van der Waals surface area contributed by atoms with E-state index >= 15 is 0 Å². The third kappa shape index (κ3) is 5.15. The van der Waals surface area contributed by atoms with E-state index < -0.39 is 0 Å². The van der Waals surface area contributed by atoms with E-state index in [4.69, 9.17) is 11.6 Å². The molecule has 0 aliphatic heterocycles. The van der Waals surface area contributed by atoms with Crippen molar-refractivity contribution in [3.63, 3.8) is 0 Å². The van der Waals surface area contributed by atoms with Gasteiger partial charge in [-0.3, -0.25) is 14.6 Å². The first-order chi connectivity index (χ1) is 13.0. The quantitative estimate of drug-likeness (QED) is 0.697. The van der Waals surface area contributed by atoms with Gasteiger partial charge in [-0.15, -0.1) is 0 Å². The van der Waals surface area contributed by atoms with E-state index in [-0.39, 0.29) is 11.8 Å². The number of nitrogens with one attached hydrogen (secondary N) is 2. The van der Waals surface area contributed by atoms with Crippen LogP contribution in [0.4, 0.5) is 5.69 Å². The molecule has 0 saturated carbocycles. The van der Waals surface area contributed by atoms with Crippen LogP contribution >= 0.6 is 11.6 Å². The highest BCUT2D eigenvalue weighted by Gasteiger charge is 2.12. The molecule has 0 aliphatic carbocycles. The molecule has 0 fully saturated rings. The number of anilines is 1. The van der Waals surface area contributed by atoms with Gasteiger partial charge in [0.2, 0.25) is 0 Å². The Labute approximate surface area is 162 Å². The largest absolute Gasteiger partial charge is 0.348 e. The number of pyridine rings is 1. The number of carbonyl (C=O) groups excluding carboxylic acids is 2. The van der Waals surface area contributed by atoms with Crippen molar-refractivity contribution in [3.05, 3.63) is 94.3 Å². The lowest BCUT2D eigenvalue weighted by Gasteiger charge is -2.08. The zero-order valence-electron chi connectivity index (χ0n) is 14.7. The van der Waals surface area contributed by atoms with Crippen LogP contribution in [0.25, 0.3) is 0 Å².